The molecule has 1 atom stereocenters. The smallest absolute Gasteiger partial charge is 0.338 e. The Balaban J connectivity index is 1.73. The monoisotopic (exact) mass is 369 g/mol. The standard InChI is InChI=1S/C19H19N3O3S/c1-3-22(14-7-5-4-6-8-14)17(23)12(2)25-18(24)13-9-10-15-16(11-13)26-19(20)21-15/h4-12H,3H2,1-2H3,(H2,20,21). The van der Waals surface area contributed by atoms with Gasteiger partial charge < -0.3 is 15.4 Å². The quantitative estimate of drug-likeness (QED) is 0.696. The Morgan fingerprint density at radius 3 is 2.65 bits per heavy atom. The molecule has 2 N–H and O–H groups in total. The number of carbonyl (C=O) groups excluding carboxylic acids is 2. The molecule has 0 aliphatic carbocycles. The van der Waals surface area contributed by atoms with Gasteiger partial charge in [0.1, 0.15) is 0 Å². The summed E-state index contributed by atoms with van der Waals surface area (Å²) < 4.78 is 6.18. The van der Waals surface area contributed by atoms with Crippen molar-refractivity contribution >= 4 is 44.2 Å². The largest absolute Gasteiger partial charge is 0.449 e. The summed E-state index contributed by atoms with van der Waals surface area (Å²) >= 11 is 1.30. The number of hydrogen-bond donors (Lipinski definition) is 1. The van der Waals surface area contributed by atoms with Crippen LogP contribution in [0.1, 0.15) is 24.2 Å². The number of rotatable bonds is 5. The van der Waals surface area contributed by atoms with Gasteiger partial charge in [-0.05, 0) is 44.2 Å². The lowest BCUT2D eigenvalue weighted by molar-refractivity contribution is -0.126. The number of esters is 1. The highest BCUT2D eigenvalue weighted by atomic mass is 32.1. The average molecular weight is 369 g/mol. The van der Waals surface area contributed by atoms with Crippen LogP contribution in [0, 0.1) is 0 Å². The second-order valence-corrected chi connectivity index (χ2v) is 6.76. The van der Waals surface area contributed by atoms with Gasteiger partial charge >= 0.3 is 5.97 Å². The number of para-hydroxylation sites is 1. The predicted molar refractivity (Wildman–Crippen MR) is 103 cm³/mol. The van der Waals surface area contributed by atoms with Crippen molar-refractivity contribution in [2.24, 2.45) is 0 Å². The summed E-state index contributed by atoms with van der Waals surface area (Å²) in [6.45, 7) is 3.94. The zero-order chi connectivity index (χ0) is 18.7. The Bertz CT molecular complexity index is 940. The summed E-state index contributed by atoms with van der Waals surface area (Å²) in [7, 11) is 0. The molecule has 6 nitrogen and oxygen atoms in total. The average Bonchev–Trinajstić information content (AvgIpc) is 3.02. The van der Waals surface area contributed by atoms with Crippen molar-refractivity contribution in [2.75, 3.05) is 17.2 Å². The highest BCUT2D eigenvalue weighted by Crippen LogP contribution is 2.25. The number of benzene rings is 2. The van der Waals surface area contributed by atoms with Gasteiger partial charge in [-0.3, -0.25) is 4.79 Å². The molecular weight excluding hydrogens is 350 g/mol. The van der Waals surface area contributed by atoms with Crippen LogP contribution in [0.5, 0.6) is 0 Å². The van der Waals surface area contributed by atoms with E-state index < -0.39 is 12.1 Å². The maximum Gasteiger partial charge on any atom is 0.338 e. The van der Waals surface area contributed by atoms with Crippen molar-refractivity contribution in [3.05, 3.63) is 54.1 Å². The van der Waals surface area contributed by atoms with Crippen molar-refractivity contribution in [3.8, 4) is 0 Å². The molecule has 134 valence electrons. The van der Waals surface area contributed by atoms with E-state index in [4.69, 9.17) is 10.5 Å². The fraction of sp³-hybridized carbons (Fsp3) is 0.211. The Labute approximate surface area is 155 Å². The number of thiazole rings is 1. The third kappa shape index (κ3) is 3.67. The molecule has 1 amide bonds. The SMILES string of the molecule is CCN(C(=O)C(C)OC(=O)c1ccc2nc(N)sc2c1)c1ccccc1. The molecule has 0 fully saturated rings. The van der Waals surface area contributed by atoms with Crippen LogP contribution >= 0.6 is 11.3 Å². The van der Waals surface area contributed by atoms with Crippen molar-refractivity contribution in [2.45, 2.75) is 20.0 Å². The van der Waals surface area contributed by atoms with Crippen molar-refractivity contribution in [3.63, 3.8) is 0 Å². The molecule has 1 heterocycles. The number of nitrogens with two attached hydrogens (primary N) is 1. The van der Waals surface area contributed by atoms with Crippen molar-refractivity contribution in [1.82, 2.24) is 4.98 Å². The normalized spacial score (nSPS) is 11.9. The lowest BCUT2D eigenvalue weighted by Crippen LogP contribution is -2.40. The Morgan fingerprint density at radius 2 is 1.96 bits per heavy atom. The molecule has 3 rings (SSSR count). The first kappa shape index (κ1) is 17.9. The lowest BCUT2D eigenvalue weighted by atomic mass is 10.2. The minimum Gasteiger partial charge on any atom is -0.449 e. The first-order valence-corrected chi connectivity index (χ1v) is 9.04. The molecule has 1 aromatic heterocycles. The molecule has 0 aliphatic rings. The Kier molecular flexibility index (Phi) is 5.18. The molecule has 0 radical (unpaired) electrons. The third-order valence-electron chi connectivity index (χ3n) is 3.92. The van der Waals surface area contributed by atoms with Crippen LogP contribution in [0.4, 0.5) is 10.8 Å². The summed E-state index contributed by atoms with van der Waals surface area (Å²) in [4.78, 5) is 30.8. The summed E-state index contributed by atoms with van der Waals surface area (Å²) in [5, 5.41) is 0.440. The van der Waals surface area contributed by atoms with Crippen LogP contribution in [0.25, 0.3) is 10.2 Å². The van der Waals surface area contributed by atoms with Crippen LogP contribution < -0.4 is 10.6 Å². The van der Waals surface area contributed by atoms with E-state index >= 15 is 0 Å². The molecule has 1 unspecified atom stereocenters. The van der Waals surface area contributed by atoms with Crippen molar-refractivity contribution in [1.29, 1.82) is 0 Å². The summed E-state index contributed by atoms with van der Waals surface area (Å²) in [6.07, 6.45) is -0.898. The molecule has 0 aliphatic heterocycles. The summed E-state index contributed by atoms with van der Waals surface area (Å²) in [5.74, 6) is -0.820. The van der Waals surface area contributed by atoms with Crippen molar-refractivity contribution < 1.29 is 14.3 Å². The molecule has 0 spiro atoms. The first-order valence-electron chi connectivity index (χ1n) is 8.23. The third-order valence-corrected chi connectivity index (χ3v) is 4.77. The molecule has 7 heteroatoms. The number of likely N-dealkylation sites (N-methyl/N-ethyl adjacent to an activating group) is 1. The number of amides is 1. The van der Waals surface area contributed by atoms with Crippen LogP contribution in [0.3, 0.4) is 0 Å². The second kappa shape index (κ2) is 7.53. The number of nitrogens with zero attached hydrogens (tertiary/aromatic N) is 2. The maximum absolute atomic E-state index is 12.7. The zero-order valence-electron chi connectivity index (χ0n) is 14.5. The van der Waals surface area contributed by atoms with E-state index in [0.717, 1.165) is 15.9 Å². The van der Waals surface area contributed by atoms with Gasteiger partial charge in [-0.15, -0.1) is 0 Å². The van der Waals surface area contributed by atoms with E-state index in [2.05, 4.69) is 4.98 Å². The van der Waals surface area contributed by atoms with Crippen LogP contribution in [0.15, 0.2) is 48.5 Å². The highest BCUT2D eigenvalue weighted by molar-refractivity contribution is 7.22. The van der Waals surface area contributed by atoms with Gasteiger partial charge in [0.15, 0.2) is 11.2 Å². The fourth-order valence-corrected chi connectivity index (χ4v) is 3.41. The molecule has 0 saturated heterocycles. The number of ether oxygens (including phenoxy) is 1. The van der Waals surface area contributed by atoms with E-state index in [-0.39, 0.29) is 5.91 Å². The van der Waals surface area contributed by atoms with Crippen LogP contribution in [0.2, 0.25) is 0 Å². The molecular formula is C19H19N3O3S. The molecule has 0 saturated carbocycles. The summed E-state index contributed by atoms with van der Waals surface area (Å²) in [5.41, 5.74) is 7.55. The molecule has 2 aromatic carbocycles. The van der Waals surface area contributed by atoms with E-state index in [1.807, 2.05) is 37.3 Å². The van der Waals surface area contributed by atoms with Gasteiger partial charge in [0.05, 0.1) is 15.8 Å². The van der Waals surface area contributed by atoms with Gasteiger partial charge in [0, 0.05) is 12.2 Å². The number of carbonyl (C=O) groups is 2. The van der Waals surface area contributed by atoms with Gasteiger partial charge in [-0.25, -0.2) is 9.78 Å². The molecule has 0 bridgehead atoms. The topological polar surface area (TPSA) is 85.5 Å². The zero-order valence-corrected chi connectivity index (χ0v) is 15.3. The molecule has 26 heavy (non-hydrogen) atoms. The number of hydrogen-bond acceptors (Lipinski definition) is 6. The highest BCUT2D eigenvalue weighted by Gasteiger charge is 2.24. The minimum atomic E-state index is -0.898. The number of anilines is 2. The van der Waals surface area contributed by atoms with Gasteiger partial charge in [-0.1, -0.05) is 29.5 Å². The number of nitrogen functional groups attached to an aromatic ring is 1. The van der Waals surface area contributed by atoms with Gasteiger partial charge in [0.25, 0.3) is 5.91 Å². The predicted octanol–water partition coefficient (Wildman–Crippen LogP) is 3.48. The van der Waals surface area contributed by atoms with E-state index in [0.29, 0.717) is 17.2 Å². The molecule has 3 aromatic rings. The van der Waals surface area contributed by atoms with Crippen LogP contribution in [-0.2, 0) is 9.53 Å². The summed E-state index contributed by atoms with van der Waals surface area (Å²) in [6, 6.07) is 14.3. The van der Waals surface area contributed by atoms with E-state index in [1.165, 1.54) is 11.3 Å². The van der Waals surface area contributed by atoms with E-state index in [9.17, 15) is 9.59 Å². The van der Waals surface area contributed by atoms with Gasteiger partial charge in [-0.2, -0.15) is 0 Å². The Hall–Kier alpha value is -2.93. The number of aromatic nitrogens is 1. The van der Waals surface area contributed by atoms with Crippen LogP contribution in [-0.4, -0.2) is 29.5 Å². The second-order valence-electron chi connectivity index (χ2n) is 5.70. The fourth-order valence-electron chi connectivity index (χ4n) is 2.64. The van der Waals surface area contributed by atoms with Gasteiger partial charge in [0.2, 0.25) is 0 Å². The first-order chi connectivity index (χ1) is 12.5. The van der Waals surface area contributed by atoms with E-state index in [1.54, 1.807) is 30.0 Å². The lowest BCUT2D eigenvalue weighted by Gasteiger charge is -2.24. The Morgan fingerprint density at radius 1 is 1.23 bits per heavy atom. The maximum atomic E-state index is 12.7. The minimum absolute atomic E-state index is 0.268. The number of fused-ring (bicyclic) bond motifs is 1.